The molecule has 0 aliphatic heterocycles. The number of para-hydroxylation sites is 1. The Morgan fingerprint density at radius 3 is 2.55 bits per heavy atom. The Morgan fingerprint density at radius 2 is 2.05 bits per heavy atom. The largest absolute Gasteiger partial charge is 0.390 e. The van der Waals surface area contributed by atoms with Crippen LogP contribution in [0.4, 0.5) is 24.5 Å². The minimum atomic E-state index is -4.40. The number of carbonyl (C=O) groups excluding carboxylic acids is 1. The summed E-state index contributed by atoms with van der Waals surface area (Å²) in [5.41, 5.74) is 1.09. The van der Waals surface area contributed by atoms with Crippen LogP contribution in [0.15, 0.2) is 18.2 Å². The Balaban J connectivity index is 2.88. The van der Waals surface area contributed by atoms with Gasteiger partial charge in [0.2, 0.25) is 0 Å². The summed E-state index contributed by atoms with van der Waals surface area (Å²) < 4.78 is 35.9. The van der Waals surface area contributed by atoms with Crippen LogP contribution in [0.5, 0.6) is 0 Å². The zero-order valence-corrected chi connectivity index (χ0v) is 10.0. The van der Waals surface area contributed by atoms with Gasteiger partial charge in [-0.25, -0.2) is 0 Å². The maximum absolute atomic E-state index is 12.0. The second-order valence-electron chi connectivity index (χ2n) is 3.72. The smallest absolute Gasteiger partial charge is 0.352 e. The molecule has 1 amide bonds. The summed E-state index contributed by atoms with van der Waals surface area (Å²) in [4.78, 5) is 21.7. The lowest BCUT2D eigenvalue weighted by Crippen LogP contribution is -2.29. The lowest BCUT2D eigenvalue weighted by molar-refractivity contribution is -0.384. The van der Waals surface area contributed by atoms with Gasteiger partial charge in [0.1, 0.15) is 5.69 Å². The highest BCUT2D eigenvalue weighted by atomic mass is 19.4. The van der Waals surface area contributed by atoms with Gasteiger partial charge in [-0.2, -0.15) is 13.2 Å². The van der Waals surface area contributed by atoms with Crippen molar-refractivity contribution in [3.63, 3.8) is 0 Å². The van der Waals surface area contributed by atoms with Crippen molar-refractivity contribution in [3.05, 3.63) is 33.9 Å². The van der Waals surface area contributed by atoms with E-state index in [0.717, 1.165) is 6.07 Å². The average molecular weight is 292 g/mol. The van der Waals surface area contributed by atoms with Crippen molar-refractivity contribution in [2.45, 2.75) is 12.6 Å². The quantitative estimate of drug-likeness (QED) is 0.433. The highest BCUT2D eigenvalue weighted by molar-refractivity contribution is 6.01. The number of nitrogen functional groups attached to an aromatic ring is 1. The molecule has 0 aromatic heterocycles. The predicted molar refractivity (Wildman–Crippen MR) is 63.9 cm³/mol. The van der Waals surface area contributed by atoms with Gasteiger partial charge in [0.15, 0.2) is 0 Å². The number of nitro groups is 1. The third-order valence-electron chi connectivity index (χ3n) is 2.32. The lowest BCUT2D eigenvalue weighted by Gasteiger charge is -2.11. The second kappa shape index (κ2) is 6.19. The summed E-state index contributed by atoms with van der Waals surface area (Å²) in [6.07, 6.45) is -5.59. The molecule has 1 aromatic rings. The molecule has 0 heterocycles. The van der Waals surface area contributed by atoms with Crippen molar-refractivity contribution < 1.29 is 22.9 Å². The molecule has 1 rings (SSSR count). The molecular weight excluding hydrogens is 281 g/mol. The normalized spacial score (nSPS) is 11.0. The number of nitrogens with zero attached hydrogens (tertiary/aromatic N) is 1. The SMILES string of the molecule is NNc1c(C(=O)NCCC(F)(F)F)cccc1[N+](=O)[O-]. The molecule has 10 heteroatoms. The highest BCUT2D eigenvalue weighted by Crippen LogP contribution is 2.27. The van der Waals surface area contributed by atoms with Crippen molar-refractivity contribution in [1.29, 1.82) is 0 Å². The lowest BCUT2D eigenvalue weighted by atomic mass is 10.1. The number of alkyl halides is 3. The fourth-order valence-electron chi connectivity index (χ4n) is 1.45. The summed E-state index contributed by atoms with van der Waals surface area (Å²) in [7, 11) is 0. The number of hydrogen-bond acceptors (Lipinski definition) is 5. The molecule has 0 radical (unpaired) electrons. The Morgan fingerprint density at radius 1 is 1.40 bits per heavy atom. The van der Waals surface area contributed by atoms with E-state index < -0.39 is 35.7 Å². The highest BCUT2D eigenvalue weighted by Gasteiger charge is 2.27. The topological polar surface area (TPSA) is 110 Å². The number of nitrogens with two attached hydrogens (primary N) is 1. The van der Waals surface area contributed by atoms with Crippen molar-refractivity contribution in [3.8, 4) is 0 Å². The molecule has 20 heavy (non-hydrogen) atoms. The molecule has 7 nitrogen and oxygen atoms in total. The van der Waals surface area contributed by atoms with Crippen LogP contribution in [0.3, 0.4) is 0 Å². The van der Waals surface area contributed by atoms with Gasteiger partial charge in [-0.15, -0.1) is 0 Å². The number of hydrogen-bond donors (Lipinski definition) is 3. The minimum absolute atomic E-state index is 0.205. The number of nitro benzene ring substituents is 1. The maximum Gasteiger partial charge on any atom is 0.390 e. The van der Waals surface area contributed by atoms with Gasteiger partial charge in [0.05, 0.1) is 16.9 Å². The maximum atomic E-state index is 12.0. The molecule has 0 bridgehead atoms. The Kier molecular flexibility index (Phi) is 4.86. The summed E-state index contributed by atoms with van der Waals surface area (Å²) >= 11 is 0. The van der Waals surface area contributed by atoms with E-state index in [2.05, 4.69) is 0 Å². The van der Waals surface area contributed by atoms with Crippen LogP contribution in [0, 0.1) is 10.1 Å². The van der Waals surface area contributed by atoms with Gasteiger partial charge in [-0.3, -0.25) is 20.8 Å². The van der Waals surface area contributed by atoms with E-state index in [1.165, 1.54) is 12.1 Å². The van der Waals surface area contributed by atoms with Crippen LogP contribution in [0.2, 0.25) is 0 Å². The third-order valence-corrected chi connectivity index (χ3v) is 2.32. The molecule has 0 aliphatic carbocycles. The van der Waals surface area contributed by atoms with Gasteiger partial charge in [0.25, 0.3) is 11.6 Å². The fourth-order valence-corrected chi connectivity index (χ4v) is 1.45. The first-order valence-corrected chi connectivity index (χ1v) is 5.35. The van der Waals surface area contributed by atoms with E-state index in [-0.39, 0.29) is 11.3 Å². The zero-order chi connectivity index (χ0) is 15.3. The molecule has 4 N–H and O–H groups in total. The first-order chi connectivity index (χ1) is 9.26. The van der Waals surface area contributed by atoms with Crippen LogP contribution in [-0.2, 0) is 0 Å². The van der Waals surface area contributed by atoms with Crippen molar-refractivity contribution in [2.75, 3.05) is 12.0 Å². The molecular formula is C10H11F3N4O3. The molecule has 0 unspecified atom stereocenters. The summed E-state index contributed by atoms with van der Waals surface area (Å²) in [6, 6.07) is 3.56. The van der Waals surface area contributed by atoms with E-state index in [1.54, 1.807) is 0 Å². The summed E-state index contributed by atoms with van der Waals surface area (Å²) in [5, 5.41) is 12.7. The van der Waals surface area contributed by atoms with Gasteiger partial charge >= 0.3 is 6.18 Å². The van der Waals surface area contributed by atoms with Gasteiger partial charge < -0.3 is 10.7 Å². The Bertz CT molecular complexity index is 519. The Labute approximate surface area is 111 Å². The Hall–Kier alpha value is -2.36. The average Bonchev–Trinajstić information content (AvgIpc) is 2.35. The number of amides is 1. The van der Waals surface area contributed by atoms with E-state index >= 15 is 0 Å². The molecule has 110 valence electrons. The molecule has 0 spiro atoms. The third kappa shape index (κ3) is 4.09. The monoisotopic (exact) mass is 292 g/mol. The standard InChI is InChI=1S/C10H11F3N4O3/c11-10(12,13)4-5-15-9(18)6-2-1-3-7(17(19)20)8(6)16-14/h1-3,16H,4-5,14H2,(H,15,18). The number of halogens is 3. The number of rotatable bonds is 5. The predicted octanol–water partition coefficient (Wildman–Crippen LogP) is 1.56. The van der Waals surface area contributed by atoms with Crippen molar-refractivity contribution in [2.24, 2.45) is 5.84 Å². The molecule has 0 atom stereocenters. The van der Waals surface area contributed by atoms with Crippen LogP contribution in [-0.4, -0.2) is 23.6 Å². The van der Waals surface area contributed by atoms with Crippen LogP contribution in [0.25, 0.3) is 0 Å². The van der Waals surface area contributed by atoms with Gasteiger partial charge in [-0.05, 0) is 6.07 Å². The zero-order valence-electron chi connectivity index (χ0n) is 10.0. The first kappa shape index (κ1) is 15.7. The van der Waals surface area contributed by atoms with E-state index in [4.69, 9.17) is 5.84 Å². The molecule has 0 saturated heterocycles. The number of hydrazine groups is 1. The van der Waals surface area contributed by atoms with Gasteiger partial charge in [-0.1, -0.05) is 6.07 Å². The summed E-state index contributed by atoms with van der Waals surface area (Å²) in [6.45, 7) is -0.630. The van der Waals surface area contributed by atoms with E-state index in [1.807, 2.05) is 10.7 Å². The number of anilines is 1. The van der Waals surface area contributed by atoms with Crippen LogP contribution < -0.4 is 16.6 Å². The number of nitrogens with one attached hydrogen (secondary N) is 2. The van der Waals surface area contributed by atoms with Crippen molar-refractivity contribution in [1.82, 2.24) is 5.32 Å². The minimum Gasteiger partial charge on any atom is -0.352 e. The van der Waals surface area contributed by atoms with Gasteiger partial charge in [0, 0.05) is 12.6 Å². The van der Waals surface area contributed by atoms with E-state index in [9.17, 15) is 28.1 Å². The fraction of sp³-hybridized carbons (Fsp3) is 0.300. The second-order valence-corrected chi connectivity index (χ2v) is 3.72. The first-order valence-electron chi connectivity index (χ1n) is 5.35. The molecule has 0 saturated carbocycles. The van der Waals surface area contributed by atoms with E-state index in [0.29, 0.717) is 0 Å². The van der Waals surface area contributed by atoms with Crippen molar-refractivity contribution >= 4 is 17.3 Å². The summed E-state index contributed by atoms with van der Waals surface area (Å²) in [5.74, 6) is 4.23. The van der Waals surface area contributed by atoms with Crippen LogP contribution >= 0.6 is 0 Å². The molecule has 0 aliphatic rings. The molecule has 1 aromatic carbocycles. The molecule has 0 fully saturated rings. The van der Waals surface area contributed by atoms with Crippen LogP contribution in [0.1, 0.15) is 16.8 Å². The number of benzene rings is 1. The number of carbonyl (C=O) groups is 1.